The molecule has 23 heavy (non-hydrogen) atoms. The molecule has 0 aliphatic rings. The number of amides is 4. The van der Waals surface area contributed by atoms with Crippen molar-refractivity contribution in [2.75, 3.05) is 19.7 Å². The summed E-state index contributed by atoms with van der Waals surface area (Å²) in [6.07, 6.45) is 0. The van der Waals surface area contributed by atoms with Gasteiger partial charge in [-0.3, -0.25) is 19.2 Å². The summed E-state index contributed by atoms with van der Waals surface area (Å²) in [6, 6.07) is 7.04. The molecule has 0 heterocycles. The summed E-state index contributed by atoms with van der Waals surface area (Å²) >= 11 is 0. The first-order valence-electron chi connectivity index (χ1n) is 6.73. The van der Waals surface area contributed by atoms with Crippen LogP contribution < -0.4 is 21.7 Å². The van der Waals surface area contributed by atoms with E-state index in [1.165, 1.54) is 0 Å². The molecule has 0 saturated carbocycles. The Kier molecular flexibility index (Phi) is 7.21. The fraction of sp³-hybridized carbons (Fsp3) is 0.286. The van der Waals surface area contributed by atoms with Crippen LogP contribution in [0.1, 0.15) is 10.4 Å². The van der Waals surface area contributed by atoms with E-state index in [2.05, 4.69) is 16.0 Å². The van der Waals surface area contributed by atoms with Crippen LogP contribution in [0.2, 0.25) is 0 Å². The molecular formula is C14H18N4O5. The van der Waals surface area contributed by atoms with Crippen LogP contribution in [-0.4, -0.2) is 54.5 Å². The Morgan fingerprint density at radius 2 is 1.70 bits per heavy atom. The molecule has 0 bridgehead atoms. The monoisotopic (exact) mass is 322 g/mol. The van der Waals surface area contributed by atoms with E-state index in [1.807, 2.05) is 0 Å². The number of aliphatic hydroxyl groups is 1. The molecular weight excluding hydrogens is 304 g/mol. The Hall–Kier alpha value is -2.94. The first kappa shape index (κ1) is 18.1. The van der Waals surface area contributed by atoms with Crippen molar-refractivity contribution in [3.8, 4) is 0 Å². The average molecular weight is 322 g/mol. The molecule has 0 fully saturated rings. The lowest BCUT2D eigenvalue weighted by molar-refractivity contribution is -0.130. The van der Waals surface area contributed by atoms with Crippen LogP contribution >= 0.6 is 0 Å². The van der Waals surface area contributed by atoms with Gasteiger partial charge in [0.2, 0.25) is 17.7 Å². The van der Waals surface area contributed by atoms with E-state index in [4.69, 9.17) is 10.8 Å². The number of nitrogens with one attached hydrogen (secondary N) is 3. The number of aliphatic hydroxyl groups excluding tert-OH is 1. The molecule has 1 atom stereocenters. The maximum Gasteiger partial charge on any atom is 0.251 e. The number of carbonyl (C=O) groups is 4. The molecule has 0 saturated heterocycles. The minimum absolute atomic E-state index is 0.368. The van der Waals surface area contributed by atoms with Gasteiger partial charge in [0, 0.05) is 5.56 Å². The molecule has 1 unspecified atom stereocenters. The molecule has 1 aromatic rings. The number of primary amides is 1. The van der Waals surface area contributed by atoms with Crippen molar-refractivity contribution >= 4 is 23.6 Å². The van der Waals surface area contributed by atoms with E-state index in [9.17, 15) is 19.2 Å². The summed E-state index contributed by atoms with van der Waals surface area (Å²) in [5, 5.41) is 15.8. The molecule has 9 nitrogen and oxygen atoms in total. The molecule has 0 aliphatic heterocycles. The molecule has 4 amide bonds. The zero-order valence-corrected chi connectivity index (χ0v) is 12.2. The fourth-order valence-corrected chi connectivity index (χ4v) is 1.59. The van der Waals surface area contributed by atoms with E-state index in [-0.39, 0.29) is 6.54 Å². The molecule has 0 radical (unpaired) electrons. The molecule has 6 N–H and O–H groups in total. The van der Waals surface area contributed by atoms with Crippen molar-refractivity contribution in [3.05, 3.63) is 35.9 Å². The summed E-state index contributed by atoms with van der Waals surface area (Å²) in [6.45, 7) is -1.44. The van der Waals surface area contributed by atoms with Crippen molar-refractivity contribution in [2.24, 2.45) is 5.73 Å². The largest absolute Gasteiger partial charge is 0.394 e. The lowest BCUT2D eigenvalue weighted by Crippen LogP contribution is -2.52. The Morgan fingerprint density at radius 1 is 1.04 bits per heavy atom. The van der Waals surface area contributed by atoms with E-state index in [0.29, 0.717) is 5.56 Å². The third-order valence-corrected chi connectivity index (χ3v) is 2.72. The molecule has 1 rings (SSSR count). The van der Waals surface area contributed by atoms with Gasteiger partial charge in [-0.05, 0) is 12.1 Å². The fourth-order valence-electron chi connectivity index (χ4n) is 1.59. The summed E-state index contributed by atoms with van der Waals surface area (Å²) < 4.78 is 0. The highest BCUT2D eigenvalue weighted by Gasteiger charge is 2.20. The van der Waals surface area contributed by atoms with Gasteiger partial charge >= 0.3 is 0 Å². The second-order valence-electron chi connectivity index (χ2n) is 4.54. The molecule has 0 aromatic heterocycles. The van der Waals surface area contributed by atoms with Crippen molar-refractivity contribution < 1.29 is 24.3 Å². The number of carbonyl (C=O) groups excluding carboxylic acids is 4. The number of hydrogen-bond acceptors (Lipinski definition) is 5. The highest BCUT2D eigenvalue weighted by Crippen LogP contribution is 1.97. The highest BCUT2D eigenvalue weighted by atomic mass is 16.3. The second kappa shape index (κ2) is 9.15. The second-order valence-corrected chi connectivity index (χ2v) is 4.54. The summed E-state index contributed by atoms with van der Waals surface area (Å²) in [5.74, 6) is -2.62. The van der Waals surface area contributed by atoms with Gasteiger partial charge in [-0.2, -0.15) is 0 Å². The van der Waals surface area contributed by atoms with Crippen molar-refractivity contribution in [3.63, 3.8) is 0 Å². The summed E-state index contributed by atoms with van der Waals surface area (Å²) in [7, 11) is 0. The number of rotatable bonds is 8. The first-order valence-corrected chi connectivity index (χ1v) is 6.73. The zero-order valence-electron chi connectivity index (χ0n) is 12.2. The molecule has 9 heteroatoms. The Balaban J connectivity index is 2.43. The Labute approximate surface area is 132 Å². The average Bonchev–Trinajstić information content (AvgIpc) is 2.56. The molecule has 0 aliphatic carbocycles. The van der Waals surface area contributed by atoms with Crippen LogP contribution in [0.15, 0.2) is 30.3 Å². The van der Waals surface area contributed by atoms with Crippen molar-refractivity contribution in [1.82, 2.24) is 16.0 Å². The van der Waals surface area contributed by atoms with Crippen LogP contribution in [0.5, 0.6) is 0 Å². The summed E-state index contributed by atoms with van der Waals surface area (Å²) in [5.41, 5.74) is 5.26. The summed E-state index contributed by atoms with van der Waals surface area (Å²) in [4.78, 5) is 45.6. The van der Waals surface area contributed by atoms with Gasteiger partial charge in [0.15, 0.2) is 0 Å². The van der Waals surface area contributed by atoms with Crippen LogP contribution in [0.4, 0.5) is 0 Å². The lowest BCUT2D eigenvalue weighted by atomic mass is 10.2. The number of hydrogen-bond donors (Lipinski definition) is 5. The third kappa shape index (κ3) is 6.57. The van der Waals surface area contributed by atoms with Gasteiger partial charge in [-0.15, -0.1) is 0 Å². The molecule has 1 aromatic carbocycles. The van der Waals surface area contributed by atoms with E-state index >= 15 is 0 Å². The number of benzene rings is 1. The van der Waals surface area contributed by atoms with E-state index in [0.717, 1.165) is 0 Å². The Bertz CT molecular complexity index is 576. The predicted octanol–water partition coefficient (Wildman–Crippen LogP) is -2.50. The van der Waals surface area contributed by atoms with Crippen LogP contribution in [0.3, 0.4) is 0 Å². The van der Waals surface area contributed by atoms with Gasteiger partial charge in [-0.25, -0.2) is 0 Å². The SMILES string of the molecule is NC(=O)CNC(=O)C(CO)NC(=O)CNC(=O)c1ccccc1. The standard InChI is InChI=1S/C14H18N4O5/c15-11(20)6-16-14(23)10(8-19)18-12(21)7-17-13(22)9-4-2-1-3-5-9/h1-5,10,19H,6-8H2,(H2,15,20)(H,16,23)(H,17,22)(H,18,21). The smallest absolute Gasteiger partial charge is 0.251 e. The quantitative estimate of drug-likeness (QED) is 0.358. The van der Waals surface area contributed by atoms with Crippen LogP contribution in [0.25, 0.3) is 0 Å². The normalized spacial score (nSPS) is 11.2. The zero-order chi connectivity index (χ0) is 17.2. The van der Waals surface area contributed by atoms with E-state index in [1.54, 1.807) is 30.3 Å². The topological polar surface area (TPSA) is 151 Å². The maximum atomic E-state index is 11.7. The first-order chi connectivity index (χ1) is 10.9. The van der Waals surface area contributed by atoms with Crippen molar-refractivity contribution in [1.29, 1.82) is 0 Å². The predicted molar refractivity (Wildman–Crippen MR) is 80.0 cm³/mol. The minimum Gasteiger partial charge on any atom is -0.394 e. The third-order valence-electron chi connectivity index (χ3n) is 2.72. The van der Waals surface area contributed by atoms with E-state index < -0.39 is 42.8 Å². The molecule has 0 spiro atoms. The maximum absolute atomic E-state index is 11.7. The number of nitrogens with two attached hydrogens (primary N) is 1. The van der Waals surface area contributed by atoms with Gasteiger partial charge in [-0.1, -0.05) is 18.2 Å². The van der Waals surface area contributed by atoms with Crippen LogP contribution in [-0.2, 0) is 14.4 Å². The molecule has 124 valence electrons. The van der Waals surface area contributed by atoms with Gasteiger partial charge in [0.25, 0.3) is 5.91 Å². The minimum atomic E-state index is -1.24. The van der Waals surface area contributed by atoms with Gasteiger partial charge in [0.1, 0.15) is 6.04 Å². The van der Waals surface area contributed by atoms with Gasteiger partial charge < -0.3 is 26.8 Å². The highest BCUT2D eigenvalue weighted by molar-refractivity contribution is 5.97. The Morgan fingerprint density at radius 3 is 2.26 bits per heavy atom. The van der Waals surface area contributed by atoms with Crippen molar-refractivity contribution in [2.45, 2.75) is 6.04 Å². The lowest BCUT2D eigenvalue weighted by Gasteiger charge is -2.15. The van der Waals surface area contributed by atoms with Gasteiger partial charge in [0.05, 0.1) is 19.7 Å². The van der Waals surface area contributed by atoms with Crippen LogP contribution in [0, 0.1) is 0 Å².